The number of amides is 1. The predicted molar refractivity (Wildman–Crippen MR) is 155 cm³/mol. The van der Waals surface area contributed by atoms with E-state index in [2.05, 4.69) is 21.2 Å². The summed E-state index contributed by atoms with van der Waals surface area (Å²) in [7, 11) is 0. The SMILES string of the molecule is [C-]#[N+]CC1CN(c2nc(OCCOC3CC3)nc3c2CCN(c2cccc4cccc(F)c24)C3)CCN1C(=O)C=C. The molecule has 3 heterocycles. The molecule has 0 spiro atoms. The summed E-state index contributed by atoms with van der Waals surface area (Å²) in [5.74, 6) is 0.364. The molecule has 9 nitrogen and oxygen atoms in total. The molecule has 0 radical (unpaired) electrons. The third kappa shape index (κ3) is 5.68. The van der Waals surface area contributed by atoms with E-state index in [0.29, 0.717) is 63.8 Å². The molecule has 1 unspecified atom stereocenters. The van der Waals surface area contributed by atoms with Crippen LogP contribution in [0.5, 0.6) is 6.01 Å². The minimum Gasteiger partial charge on any atom is -0.461 e. The Morgan fingerprint density at radius 1 is 1.12 bits per heavy atom. The van der Waals surface area contributed by atoms with E-state index in [1.165, 1.54) is 12.1 Å². The molecule has 41 heavy (non-hydrogen) atoms. The summed E-state index contributed by atoms with van der Waals surface area (Å²) < 4.78 is 26.7. The zero-order valence-corrected chi connectivity index (χ0v) is 23.0. The van der Waals surface area contributed by atoms with Gasteiger partial charge < -0.3 is 29.0 Å². The fraction of sp³-hybridized carbons (Fsp3) is 0.419. The lowest BCUT2D eigenvalue weighted by atomic mass is 10.0. The minimum absolute atomic E-state index is 0.166. The number of rotatable bonds is 9. The smallest absolute Gasteiger partial charge is 0.318 e. The zero-order chi connectivity index (χ0) is 28.3. The first kappa shape index (κ1) is 27.0. The van der Waals surface area contributed by atoms with Crippen molar-refractivity contribution in [3.63, 3.8) is 0 Å². The number of benzene rings is 2. The van der Waals surface area contributed by atoms with E-state index >= 15 is 0 Å². The highest BCUT2D eigenvalue weighted by Gasteiger charge is 2.35. The molecule has 1 saturated carbocycles. The fourth-order valence-corrected chi connectivity index (χ4v) is 5.76. The van der Waals surface area contributed by atoms with E-state index in [0.717, 1.165) is 41.0 Å². The van der Waals surface area contributed by atoms with Crippen molar-refractivity contribution in [2.45, 2.75) is 38.0 Å². The van der Waals surface area contributed by atoms with Gasteiger partial charge in [-0.25, -0.2) is 11.0 Å². The molecular weight excluding hydrogens is 523 g/mol. The summed E-state index contributed by atoms with van der Waals surface area (Å²) in [6, 6.07) is 11.0. The van der Waals surface area contributed by atoms with Gasteiger partial charge in [-0.05, 0) is 42.9 Å². The average Bonchev–Trinajstić information content (AvgIpc) is 3.83. The number of ether oxygens (including phenoxy) is 2. The second kappa shape index (κ2) is 11.7. The molecule has 3 aliphatic rings. The molecule has 1 atom stereocenters. The Labute approximate surface area is 239 Å². The van der Waals surface area contributed by atoms with Gasteiger partial charge in [0, 0.05) is 42.8 Å². The Balaban J connectivity index is 1.31. The van der Waals surface area contributed by atoms with Crippen molar-refractivity contribution >= 4 is 28.2 Å². The van der Waals surface area contributed by atoms with Gasteiger partial charge >= 0.3 is 6.01 Å². The summed E-state index contributed by atoms with van der Waals surface area (Å²) in [6.07, 6.45) is 4.49. The van der Waals surface area contributed by atoms with Gasteiger partial charge in [0.1, 0.15) is 24.3 Å². The quantitative estimate of drug-likeness (QED) is 0.224. The van der Waals surface area contributed by atoms with Crippen LogP contribution in [0.25, 0.3) is 15.6 Å². The highest BCUT2D eigenvalue weighted by Crippen LogP contribution is 2.35. The summed E-state index contributed by atoms with van der Waals surface area (Å²) in [5, 5.41) is 1.46. The van der Waals surface area contributed by atoms with Crippen molar-refractivity contribution < 1.29 is 18.7 Å². The standard InChI is InChI=1S/C31H33FN6O3/c1-3-28(39)38-15-14-37(19-22(38)18-33-2)30-24-12-13-36(27-9-5-7-21-6-4-8-25(32)29(21)27)20-26(24)34-31(35-30)41-17-16-40-23-10-11-23/h3-9,22-23H,1,10-20H2. The van der Waals surface area contributed by atoms with Crippen LogP contribution in [-0.2, 0) is 22.5 Å². The van der Waals surface area contributed by atoms with Crippen LogP contribution in [0.3, 0.4) is 0 Å². The summed E-state index contributed by atoms with van der Waals surface area (Å²) >= 11 is 0. The first-order valence-electron chi connectivity index (χ1n) is 14.1. The van der Waals surface area contributed by atoms with Crippen molar-refractivity contribution in [2.24, 2.45) is 0 Å². The van der Waals surface area contributed by atoms with Gasteiger partial charge in [0.05, 0.1) is 24.9 Å². The number of carbonyl (C=O) groups is 1. The van der Waals surface area contributed by atoms with Crippen molar-refractivity contribution in [1.82, 2.24) is 14.9 Å². The molecule has 3 aromatic rings. The van der Waals surface area contributed by atoms with E-state index in [-0.39, 0.29) is 30.3 Å². The van der Waals surface area contributed by atoms with Crippen LogP contribution in [0, 0.1) is 12.4 Å². The molecule has 0 bridgehead atoms. The maximum Gasteiger partial charge on any atom is 0.318 e. The Morgan fingerprint density at radius 3 is 2.73 bits per heavy atom. The van der Waals surface area contributed by atoms with E-state index in [1.807, 2.05) is 24.3 Å². The normalized spacial score (nSPS) is 18.6. The number of aromatic nitrogens is 2. The van der Waals surface area contributed by atoms with Crippen molar-refractivity contribution in [3.8, 4) is 6.01 Å². The molecule has 2 aliphatic heterocycles. The molecule has 212 valence electrons. The predicted octanol–water partition coefficient (Wildman–Crippen LogP) is 4.01. The first-order chi connectivity index (χ1) is 20.1. The van der Waals surface area contributed by atoms with Crippen molar-refractivity contribution in [1.29, 1.82) is 0 Å². The number of anilines is 2. The Hall–Kier alpha value is -4.23. The van der Waals surface area contributed by atoms with Gasteiger partial charge in [0.25, 0.3) is 0 Å². The van der Waals surface area contributed by atoms with E-state index in [9.17, 15) is 9.18 Å². The topological polar surface area (TPSA) is 75.4 Å². The highest BCUT2D eigenvalue weighted by molar-refractivity contribution is 5.95. The number of piperazine rings is 1. The number of nitrogens with zero attached hydrogens (tertiary/aromatic N) is 6. The molecule has 0 N–H and O–H groups in total. The number of fused-ring (bicyclic) bond motifs is 2. The number of halogens is 1. The van der Waals surface area contributed by atoms with Gasteiger partial charge in [-0.1, -0.05) is 30.8 Å². The lowest BCUT2D eigenvalue weighted by molar-refractivity contribution is -0.128. The summed E-state index contributed by atoms with van der Waals surface area (Å²) in [6.45, 7) is 14.8. The van der Waals surface area contributed by atoms with Crippen LogP contribution < -0.4 is 14.5 Å². The van der Waals surface area contributed by atoms with Crippen LogP contribution in [0.4, 0.5) is 15.9 Å². The Bertz CT molecular complexity index is 1500. The lowest BCUT2D eigenvalue weighted by Crippen LogP contribution is -2.56. The molecule has 1 saturated heterocycles. The molecule has 1 aromatic heterocycles. The van der Waals surface area contributed by atoms with Crippen LogP contribution in [0.2, 0.25) is 0 Å². The minimum atomic E-state index is -0.271. The molecule has 2 fully saturated rings. The van der Waals surface area contributed by atoms with Crippen LogP contribution >= 0.6 is 0 Å². The van der Waals surface area contributed by atoms with Gasteiger partial charge in [-0.2, -0.15) is 9.97 Å². The van der Waals surface area contributed by atoms with Gasteiger partial charge in [-0.15, -0.1) is 0 Å². The highest BCUT2D eigenvalue weighted by atomic mass is 19.1. The van der Waals surface area contributed by atoms with Gasteiger partial charge in [0.2, 0.25) is 12.5 Å². The maximum atomic E-state index is 15.0. The van der Waals surface area contributed by atoms with Crippen molar-refractivity contribution in [3.05, 3.63) is 77.5 Å². The van der Waals surface area contributed by atoms with Crippen LogP contribution in [0.15, 0.2) is 49.1 Å². The third-order valence-corrected chi connectivity index (χ3v) is 7.93. The fourth-order valence-electron chi connectivity index (χ4n) is 5.76. The van der Waals surface area contributed by atoms with Crippen LogP contribution in [-0.4, -0.2) is 78.9 Å². The number of hydrogen-bond acceptors (Lipinski definition) is 7. The van der Waals surface area contributed by atoms with E-state index in [1.54, 1.807) is 11.0 Å². The molecule has 1 amide bonds. The summed E-state index contributed by atoms with van der Waals surface area (Å²) in [5.41, 5.74) is 2.69. The maximum absolute atomic E-state index is 15.0. The number of carbonyl (C=O) groups excluding carboxylic acids is 1. The zero-order valence-electron chi connectivity index (χ0n) is 23.0. The summed E-state index contributed by atoms with van der Waals surface area (Å²) in [4.78, 5) is 31.7. The second-order valence-corrected chi connectivity index (χ2v) is 10.6. The Morgan fingerprint density at radius 2 is 1.95 bits per heavy atom. The molecular formula is C31H33FN6O3. The van der Waals surface area contributed by atoms with Gasteiger partial charge in [0.15, 0.2) is 0 Å². The molecule has 2 aromatic carbocycles. The monoisotopic (exact) mass is 556 g/mol. The molecule has 6 rings (SSSR count). The van der Waals surface area contributed by atoms with Crippen molar-refractivity contribution in [2.75, 3.05) is 55.7 Å². The average molecular weight is 557 g/mol. The molecule has 10 heteroatoms. The van der Waals surface area contributed by atoms with Crippen LogP contribution in [0.1, 0.15) is 24.1 Å². The number of hydrogen-bond donors (Lipinski definition) is 0. The second-order valence-electron chi connectivity index (χ2n) is 10.6. The van der Waals surface area contributed by atoms with Gasteiger partial charge in [-0.3, -0.25) is 4.79 Å². The first-order valence-corrected chi connectivity index (χ1v) is 14.1. The lowest BCUT2D eigenvalue weighted by Gasteiger charge is -2.41. The van der Waals surface area contributed by atoms with E-state index < -0.39 is 0 Å². The molecule has 1 aliphatic carbocycles. The Kier molecular flexibility index (Phi) is 7.70. The largest absolute Gasteiger partial charge is 0.461 e. The third-order valence-electron chi connectivity index (χ3n) is 7.93. The van der Waals surface area contributed by atoms with E-state index in [4.69, 9.17) is 26.0 Å².